The van der Waals surface area contributed by atoms with Gasteiger partial charge in [0, 0.05) is 5.56 Å². The topological polar surface area (TPSA) is 26.3 Å². The molecule has 1 rings (SSSR count). The summed E-state index contributed by atoms with van der Waals surface area (Å²) >= 11 is 0. The number of carbonyl (C=O) groups is 1. The molecule has 0 amide bonds. The van der Waals surface area contributed by atoms with Gasteiger partial charge in [-0.25, -0.2) is 0 Å². The Morgan fingerprint density at radius 2 is 2.00 bits per heavy atom. The van der Waals surface area contributed by atoms with E-state index in [9.17, 15) is 18.0 Å². The van der Waals surface area contributed by atoms with Gasteiger partial charge < -0.3 is 4.74 Å². The van der Waals surface area contributed by atoms with Crippen LogP contribution in [0.2, 0.25) is 0 Å². The highest BCUT2D eigenvalue weighted by molar-refractivity contribution is 5.96. The van der Waals surface area contributed by atoms with E-state index in [0.717, 1.165) is 0 Å². The van der Waals surface area contributed by atoms with Gasteiger partial charge in [0.15, 0.2) is 5.78 Å². The van der Waals surface area contributed by atoms with Crippen LogP contribution >= 0.6 is 0 Å². The van der Waals surface area contributed by atoms with Gasteiger partial charge in [-0.15, -0.1) is 0 Å². The summed E-state index contributed by atoms with van der Waals surface area (Å²) < 4.78 is 40.9. The molecule has 0 aliphatic heterocycles. The number of carbonyl (C=O) groups excluding carboxylic acids is 1. The predicted octanol–water partition coefficient (Wildman–Crippen LogP) is 3.14. The fraction of sp³-hybridized carbons (Fsp3) is 0.364. The Labute approximate surface area is 91.0 Å². The molecule has 0 aliphatic rings. The molecule has 1 aromatic rings. The molecule has 0 aromatic heterocycles. The summed E-state index contributed by atoms with van der Waals surface area (Å²) in [4.78, 5) is 11.3. The van der Waals surface area contributed by atoms with E-state index in [1.807, 2.05) is 0 Å². The Bertz CT molecular complexity index is 397. The first-order valence-corrected chi connectivity index (χ1v) is 4.58. The Morgan fingerprint density at radius 1 is 1.38 bits per heavy atom. The molecule has 0 unspecified atom stereocenters. The Balaban J connectivity index is 2.89. The molecule has 2 nitrogen and oxygen atoms in total. The summed E-state index contributed by atoms with van der Waals surface area (Å²) in [5, 5.41) is 0. The standard InChI is InChI=1S/C11H11F3O2/c1-7-5-8(3-4-10(7)16-2)9(15)6-11(12,13)14/h3-5H,6H2,1-2H3. The summed E-state index contributed by atoms with van der Waals surface area (Å²) in [6, 6.07) is 4.21. The summed E-state index contributed by atoms with van der Waals surface area (Å²) in [6.07, 6.45) is -5.90. The Hall–Kier alpha value is -1.52. The predicted molar refractivity (Wildman–Crippen MR) is 52.7 cm³/mol. The smallest absolute Gasteiger partial charge is 0.396 e. The second-order valence-electron chi connectivity index (χ2n) is 3.40. The summed E-state index contributed by atoms with van der Waals surface area (Å²) in [5.41, 5.74) is 0.686. The van der Waals surface area contributed by atoms with E-state index in [1.54, 1.807) is 6.92 Å². The minimum absolute atomic E-state index is 0.0515. The molecule has 0 heterocycles. The maximum Gasteiger partial charge on any atom is 0.396 e. The van der Waals surface area contributed by atoms with Crippen molar-refractivity contribution in [2.45, 2.75) is 19.5 Å². The van der Waals surface area contributed by atoms with Gasteiger partial charge in [0.2, 0.25) is 0 Å². The number of Topliss-reactive ketones (excluding diaryl/α,β-unsaturated/α-hetero) is 1. The van der Waals surface area contributed by atoms with Crippen LogP contribution in [0.15, 0.2) is 18.2 Å². The number of ketones is 1. The van der Waals surface area contributed by atoms with Gasteiger partial charge in [-0.3, -0.25) is 4.79 Å². The van der Waals surface area contributed by atoms with E-state index >= 15 is 0 Å². The third kappa shape index (κ3) is 3.25. The van der Waals surface area contributed by atoms with Crippen molar-refractivity contribution in [3.8, 4) is 5.75 Å². The number of aryl methyl sites for hydroxylation is 1. The number of rotatable bonds is 3. The lowest BCUT2D eigenvalue weighted by atomic mass is 10.0. The molecule has 88 valence electrons. The van der Waals surface area contributed by atoms with Gasteiger partial charge in [0.1, 0.15) is 12.2 Å². The number of hydrogen-bond acceptors (Lipinski definition) is 2. The van der Waals surface area contributed by atoms with E-state index in [0.29, 0.717) is 11.3 Å². The summed E-state index contributed by atoms with van der Waals surface area (Å²) in [5.74, 6) is -0.387. The zero-order valence-electron chi connectivity index (χ0n) is 8.89. The third-order valence-corrected chi connectivity index (χ3v) is 2.08. The average Bonchev–Trinajstić information content (AvgIpc) is 2.15. The minimum Gasteiger partial charge on any atom is -0.496 e. The SMILES string of the molecule is COc1ccc(C(=O)CC(F)(F)F)cc1C. The van der Waals surface area contributed by atoms with Crippen molar-refractivity contribution in [3.63, 3.8) is 0 Å². The molecule has 0 saturated carbocycles. The van der Waals surface area contributed by atoms with Gasteiger partial charge in [0.05, 0.1) is 7.11 Å². The highest BCUT2D eigenvalue weighted by atomic mass is 19.4. The van der Waals surface area contributed by atoms with Gasteiger partial charge in [-0.1, -0.05) is 0 Å². The number of methoxy groups -OCH3 is 1. The van der Waals surface area contributed by atoms with E-state index in [4.69, 9.17) is 4.74 Å². The third-order valence-electron chi connectivity index (χ3n) is 2.08. The molecule has 0 bridgehead atoms. The molecule has 0 atom stereocenters. The van der Waals surface area contributed by atoms with E-state index in [-0.39, 0.29) is 5.56 Å². The maximum absolute atomic E-state index is 12.0. The lowest BCUT2D eigenvalue weighted by Gasteiger charge is -2.08. The van der Waals surface area contributed by atoms with E-state index in [1.165, 1.54) is 25.3 Å². The number of halogens is 3. The Morgan fingerprint density at radius 3 is 2.44 bits per heavy atom. The van der Waals surface area contributed by atoms with Crippen molar-refractivity contribution < 1.29 is 22.7 Å². The van der Waals surface area contributed by atoms with Crippen LogP contribution in [-0.2, 0) is 0 Å². The zero-order chi connectivity index (χ0) is 12.3. The zero-order valence-corrected chi connectivity index (χ0v) is 8.89. The normalized spacial score (nSPS) is 11.3. The van der Waals surface area contributed by atoms with Gasteiger partial charge in [-0.2, -0.15) is 13.2 Å². The number of hydrogen-bond donors (Lipinski definition) is 0. The summed E-state index contributed by atoms with van der Waals surface area (Å²) in [6.45, 7) is 1.67. The van der Waals surface area contributed by atoms with Crippen molar-refractivity contribution in [1.29, 1.82) is 0 Å². The maximum atomic E-state index is 12.0. The minimum atomic E-state index is -4.47. The molecule has 0 N–H and O–H groups in total. The average molecular weight is 232 g/mol. The first kappa shape index (κ1) is 12.5. The molecule has 0 spiro atoms. The van der Waals surface area contributed by atoms with Crippen LogP contribution in [-0.4, -0.2) is 19.1 Å². The van der Waals surface area contributed by atoms with Crippen LogP contribution in [0, 0.1) is 6.92 Å². The molecule has 1 aromatic carbocycles. The number of ether oxygens (including phenoxy) is 1. The Kier molecular flexibility index (Phi) is 3.57. The highest BCUT2D eigenvalue weighted by Crippen LogP contribution is 2.24. The van der Waals surface area contributed by atoms with Gasteiger partial charge in [-0.05, 0) is 30.7 Å². The van der Waals surface area contributed by atoms with E-state index in [2.05, 4.69) is 0 Å². The fourth-order valence-corrected chi connectivity index (χ4v) is 1.34. The van der Waals surface area contributed by atoms with E-state index < -0.39 is 18.4 Å². The first-order chi connectivity index (χ1) is 7.33. The van der Waals surface area contributed by atoms with Crippen molar-refractivity contribution in [1.82, 2.24) is 0 Å². The monoisotopic (exact) mass is 232 g/mol. The first-order valence-electron chi connectivity index (χ1n) is 4.58. The molecule has 0 aliphatic carbocycles. The fourth-order valence-electron chi connectivity index (χ4n) is 1.34. The molecular weight excluding hydrogens is 221 g/mol. The quantitative estimate of drug-likeness (QED) is 0.748. The number of benzene rings is 1. The van der Waals surface area contributed by atoms with Crippen LogP contribution in [0.1, 0.15) is 22.3 Å². The summed E-state index contributed by atoms with van der Waals surface area (Å²) in [7, 11) is 1.46. The van der Waals surface area contributed by atoms with Gasteiger partial charge in [0.25, 0.3) is 0 Å². The van der Waals surface area contributed by atoms with Crippen molar-refractivity contribution in [2.75, 3.05) is 7.11 Å². The molecule has 0 fully saturated rings. The van der Waals surface area contributed by atoms with Crippen LogP contribution < -0.4 is 4.74 Å². The largest absolute Gasteiger partial charge is 0.496 e. The molecule has 0 saturated heterocycles. The van der Waals surface area contributed by atoms with Crippen molar-refractivity contribution in [3.05, 3.63) is 29.3 Å². The molecule has 16 heavy (non-hydrogen) atoms. The van der Waals surface area contributed by atoms with Crippen molar-refractivity contribution >= 4 is 5.78 Å². The lowest BCUT2D eigenvalue weighted by molar-refractivity contribution is -0.125. The van der Waals surface area contributed by atoms with Crippen LogP contribution in [0.3, 0.4) is 0 Å². The molecule has 0 radical (unpaired) electrons. The van der Waals surface area contributed by atoms with Crippen LogP contribution in [0.4, 0.5) is 13.2 Å². The van der Waals surface area contributed by atoms with Crippen molar-refractivity contribution in [2.24, 2.45) is 0 Å². The lowest BCUT2D eigenvalue weighted by Crippen LogP contribution is -2.15. The highest BCUT2D eigenvalue weighted by Gasteiger charge is 2.31. The molecule has 5 heteroatoms. The second-order valence-corrected chi connectivity index (χ2v) is 3.40. The van der Waals surface area contributed by atoms with Crippen LogP contribution in [0.5, 0.6) is 5.75 Å². The number of alkyl halides is 3. The molecular formula is C11H11F3O2. The van der Waals surface area contributed by atoms with Crippen LogP contribution in [0.25, 0.3) is 0 Å². The second kappa shape index (κ2) is 4.55. The van der Waals surface area contributed by atoms with Gasteiger partial charge >= 0.3 is 6.18 Å².